The van der Waals surface area contributed by atoms with Gasteiger partial charge in [0.2, 0.25) is 5.95 Å². The largest absolute Gasteiger partial charge is 0.350 e. The zero-order valence-electron chi connectivity index (χ0n) is 12.0. The van der Waals surface area contributed by atoms with Gasteiger partial charge in [-0.2, -0.15) is 0 Å². The highest BCUT2D eigenvalue weighted by Crippen LogP contribution is 2.18. The number of hydrogen-bond donors (Lipinski definition) is 1. The number of nitrogens with one attached hydrogen (secondary N) is 1. The molecule has 21 heavy (non-hydrogen) atoms. The minimum absolute atomic E-state index is 0.648. The van der Waals surface area contributed by atoms with Crippen LogP contribution in [0.5, 0.6) is 0 Å². The van der Waals surface area contributed by atoms with E-state index in [1.807, 2.05) is 30.6 Å². The lowest BCUT2D eigenvalue weighted by atomic mass is 10.1. The van der Waals surface area contributed by atoms with E-state index in [2.05, 4.69) is 58.6 Å². The van der Waals surface area contributed by atoms with Crippen LogP contribution in [-0.2, 0) is 6.54 Å². The molecule has 2 aromatic carbocycles. The van der Waals surface area contributed by atoms with Crippen LogP contribution in [0.15, 0.2) is 67.0 Å². The Morgan fingerprint density at radius 1 is 0.810 bits per heavy atom. The summed E-state index contributed by atoms with van der Waals surface area (Å²) in [5.74, 6) is 0.648. The first kappa shape index (κ1) is 13.3. The molecule has 104 valence electrons. The first-order valence-electron chi connectivity index (χ1n) is 6.98. The quantitative estimate of drug-likeness (QED) is 0.780. The highest BCUT2D eigenvalue weighted by atomic mass is 15.1. The molecule has 0 fully saturated rings. The smallest absolute Gasteiger partial charge is 0.222 e. The fraction of sp³-hybridized carbons (Fsp3) is 0.111. The molecule has 0 saturated heterocycles. The number of rotatable bonds is 4. The van der Waals surface area contributed by atoms with Crippen LogP contribution in [-0.4, -0.2) is 9.97 Å². The lowest BCUT2D eigenvalue weighted by molar-refractivity contribution is 1.06. The average molecular weight is 275 g/mol. The van der Waals surface area contributed by atoms with Crippen molar-refractivity contribution in [3.05, 3.63) is 78.1 Å². The van der Waals surface area contributed by atoms with Crippen LogP contribution in [0.2, 0.25) is 0 Å². The maximum atomic E-state index is 4.37. The van der Waals surface area contributed by atoms with Gasteiger partial charge in [0.25, 0.3) is 0 Å². The molecule has 0 bridgehead atoms. The molecule has 0 atom stereocenters. The third-order valence-electron chi connectivity index (χ3n) is 3.33. The van der Waals surface area contributed by atoms with Gasteiger partial charge in [-0.15, -0.1) is 0 Å². The molecule has 1 aromatic heterocycles. The zero-order chi connectivity index (χ0) is 14.5. The first-order valence-corrected chi connectivity index (χ1v) is 6.98. The van der Waals surface area contributed by atoms with Gasteiger partial charge in [-0.05, 0) is 18.1 Å². The predicted octanol–water partition coefficient (Wildman–Crippen LogP) is 4.06. The van der Waals surface area contributed by atoms with E-state index >= 15 is 0 Å². The summed E-state index contributed by atoms with van der Waals surface area (Å²) in [7, 11) is 0. The third kappa shape index (κ3) is 3.45. The van der Waals surface area contributed by atoms with E-state index in [9.17, 15) is 0 Å². The van der Waals surface area contributed by atoms with Gasteiger partial charge in [0, 0.05) is 24.5 Å². The molecule has 0 aliphatic heterocycles. The van der Waals surface area contributed by atoms with E-state index in [-0.39, 0.29) is 0 Å². The maximum Gasteiger partial charge on any atom is 0.222 e. The molecule has 0 spiro atoms. The molecule has 0 saturated carbocycles. The summed E-state index contributed by atoms with van der Waals surface area (Å²) in [5, 5.41) is 3.23. The molecule has 0 aliphatic carbocycles. The van der Waals surface area contributed by atoms with Gasteiger partial charge < -0.3 is 5.32 Å². The molecule has 0 radical (unpaired) electrons. The summed E-state index contributed by atoms with van der Waals surface area (Å²) >= 11 is 0. The van der Waals surface area contributed by atoms with Crippen molar-refractivity contribution in [2.24, 2.45) is 0 Å². The van der Waals surface area contributed by atoms with Crippen molar-refractivity contribution >= 4 is 5.95 Å². The van der Waals surface area contributed by atoms with Crippen LogP contribution < -0.4 is 5.32 Å². The van der Waals surface area contributed by atoms with Crippen LogP contribution in [0.1, 0.15) is 11.1 Å². The monoisotopic (exact) mass is 275 g/mol. The Bertz CT molecular complexity index is 689. The number of benzene rings is 2. The second-order valence-corrected chi connectivity index (χ2v) is 5.00. The summed E-state index contributed by atoms with van der Waals surface area (Å²) in [6, 6.07) is 18.6. The molecule has 3 rings (SSSR count). The lowest BCUT2D eigenvalue weighted by Gasteiger charge is -2.06. The highest BCUT2D eigenvalue weighted by Gasteiger charge is 2.00. The van der Waals surface area contributed by atoms with E-state index in [1.165, 1.54) is 11.1 Å². The number of anilines is 1. The van der Waals surface area contributed by atoms with Crippen molar-refractivity contribution in [2.75, 3.05) is 5.32 Å². The molecule has 3 aromatic rings. The second-order valence-electron chi connectivity index (χ2n) is 5.00. The number of nitrogens with zero attached hydrogens (tertiary/aromatic N) is 2. The Morgan fingerprint density at radius 2 is 1.48 bits per heavy atom. The Kier molecular flexibility index (Phi) is 3.92. The minimum atomic E-state index is 0.648. The predicted molar refractivity (Wildman–Crippen MR) is 86.0 cm³/mol. The molecule has 0 amide bonds. The van der Waals surface area contributed by atoms with Gasteiger partial charge in [-0.25, -0.2) is 9.97 Å². The molecule has 3 heteroatoms. The van der Waals surface area contributed by atoms with Gasteiger partial charge >= 0.3 is 0 Å². The molecule has 3 nitrogen and oxygen atoms in total. The molecular formula is C18H17N3. The van der Waals surface area contributed by atoms with Crippen molar-refractivity contribution in [2.45, 2.75) is 13.5 Å². The van der Waals surface area contributed by atoms with E-state index in [0.29, 0.717) is 5.95 Å². The standard InChI is InChI=1S/C18H17N3/c1-14-7-9-16(10-8-14)17-12-20-18(21-13-17)19-11-15-5-3-2-4-6-15/h2-10,12-13H,11H2,1H3,(H,19,20,21). The average Bonchev–Trinajstić information content (AvgIpc) is 2.55. The molecule has 0 unspecified atom stereocenters. The van der Waals surface area contributed by atoms with Crippen LogP contribution >= 0.6 is 0 Å². The Balaban J connectivity index is 1.68. The first-order chi connectivity index (χ1) is 10.3. The minimum Gasteiger partial charge on any atom is -0.350 e. The zero-order valence-corrected chi connectivity index (χ0v) is 12.0. The number of hydrogen-bond acceptors (Lipinski definition) is 3. The van der Waals surface area contributed by atoms with Crippen molar-refractivity contribution < 1.29 is 0 Å². The van der Waals surface area contributed by atoms with Crippen molar-refractivity contribution in [3.8, 4) is 11.1 Å². The van der Waals surface area contributed by atoms with Gasteiger partial charge in [0.1, 0.15) is 0 Å². The van der Waals surface area contributed by atoms with Crippen LogP contribution in [0.3, 0.4) is 0 Å². The molecular weight excluding hydrogens is 258 g/mol. The highest BCUT2D eigenvalue weighted by molar-refractivity contribution is 5.62. The summed E-state index contributed by atoms with van der Waals surface area (Å²) < 4.78 is 0. The van der Waals surface area contributed by atoms with Gasteiger partial charge in [0.05, 0.1) is 0 Å². The van der Waals surface area contributed by atoms with Gasteiger partial charge in [-0.3, -0.25) is 0 Å². The van der Waals surface area contributed by atoms with Crippen molar-refractivity contribution in [1.29, 1.82) is 0 Å². The molecule has 1 heterocycles. The van der Waals surface area contributed by atoms with Crippen molar-refractivity contribution in [1.82, 2.24) is 9.97 Å². The van der Waals surface area contributed by atoms with E-state index in [4.69, 9.17) is 0 Å². The van der Waals surface area contributed by atoms with Gasteiger partial charge in [0.15, 0.2) is 0 Å². The number of aromatic nitrogens is 2. The van der Waals surface area contributed by atoms with Crippen LogP contribution in [0, 0.1) is 6.92 Å². The molecule has 1 N–H and O–H groups in total. The summed E-state index contributed by atoms with van der Waals surface area (Å²) in [4.78, 5) is 8.74. The van der Waals surface area contributed by atoms with Crippen LogP contribution in [0.4, 0.5) is 5.95 Å². The third-order valence-corrected chi connectivity index (χ3v) is 3.33. The topological polar surface area (TPSA) is 37.8 Å². The normalized spacial score (nSPS) is 10.3. The van der Waals surface area contributed by atoms with Crippen molar-refractivity contribution in [3.63, 3.8) is 0 Å². The maximum absolute atomic E-state index is 4.37. The fourth-order valence-corrected chi connectivity index (χ4v) is 2.09. The summed E-state index contributed by atoms with van der Waals surface area (Å²) in [5.41, 5.74) is 4.62. The SMILES string of the molecule is Cc1ccc(-c2cnc(NCc3ccccc3)nc2)cc1. The van der Waals surface area contributed by atoms with Gasteiger partial charge in [-0.1, -0.05) is 60.2 Å². The molecule has 0 aliphatic rings. The van der Waals surface area contributed by atoms with E-state index in [1.54, 1.807) is 0 Å². The summed E-state index contributed by atoms with van der Waals surface area (Å²) in [6.07, 6.45) is 3.70. The fourth-order valence-electron chi connectivity index (χ4n) is 2.09. The van der Waals surface area contributed by atoms with E-state index in [0.717, 1.165) is 17.7 Å². The summed E-state index contributed by atoms with van der Waals surface area (Å²) in [6.45, 7) is 2.81. The Morgan fingerprint density at radius 3 is 2.14 bits per heavy atom. The second kappa shape index (κ2) is 6.18. The van der Waals surface area contributed by atoms with Crippen LogP contribution in [0.25, 0.3) is 11.1 Å². The Labute approximate surface area is 124 Å². The Hall–Kier alpha value is -2.68. The number of aryl methyl sites for hydroxylation is 1. The lowest BCUT2D eigenvalue weighted by Crippen LogP contribution is -2.03. The van der Waals surface area contributed by atoms with E-state index < -0.39 is 0 Å².